The van der Waals surface area contributed by atoms with E-state index in [4.69, 9.17) is 20.3 Å². The highest BCUT2D eigenvalue weighted by molar-refractivity contribution is 5.55. The van der Waals surface area contributed by atoms with E-state index in [1.807, 2.05) is 25.1 Å². The second-order valence-corrected chi connectivity index (χ2v) is 3.72. The Kier molecular flexibility index (Phi) is 5.59. The molecular formula is C12H20N2O3. The van der Waals surface area contributed by atoms with Crippen LogP contribution < -0.4 is 20.5 Å². The van der Waals surface area contributed by atoms with Crippen LogP contribution in [0.15, 0.2) is 18.2 Å². The van der Waals surface area contributed by atoms with Crippen LogP contribution in [-0.4, -0.2) is 38.0 Å². The van der Waals surface area contributed by atoms with E-state index in [2.05, 4.69) is 5.32 Å². The van der Waals surface area contributed by atoms with Crippen LogP contribution in [0.2, 0.25) is 0 Å². The van der Waals surface area contributed by atoms with Gasteiger partial charge in [0.25, 0.3) is 0 Å². The van der Waals surface area contributed by atoms with Crippen molar-refractivity contribution in [2.24, 2.45) is 5.73 Å². The van der Waals surface area contributed by atoms with Crippen molar-refractivity contribution < 1.29 is 14.6 Å². The third-order valence-corrected chi connectivity index (χ3v) is 2.28. The van der Waals surface area contributed by atoms with Crippen molar-refractivity contribution in [2.45, 2.75) is 13.0 Å². The molecule has 0 bridgehead atoms. The summed E-state index contributed by atoms with van der Waals surface area (Å²) >= 11 is 0. The molecule has 0 aromatic heterocycles. The monoisotopic (exact) mass is 240 g/mol. The fraction of sp³-hybridized carbons (Fsp3) is 0.500. The van der Waals surface area contributed by atoms with Gasteiger partial charge in [0.2, 0.25) is 0 Å². The number of aliphatic hydroxyl groups excluding tert-OH is 1. The number of aliphatic hydroxyl groups is 1. The van der Waals surface area contributed by atoms with E-state index in [0.29, 0.717) is 18.0 Å². The predicted octanol–water partition coefficient (Wildman–Crippen LogP) is 0.825. The highest BCUT2D eigenvalue weighted by atomic mass is 16.5. The van der Waals surface area contributed by atoms with Gasteiger partial charge < -0.3 is 25.6 Å². The van der Waals surface area contributed by atoms with E-state index in [1.165, 1.54) is 0 Å². The number of rotatable bonds is 7. The van der Waals surface area contributed by atoms with E-state index in [-0.39, 0.29) is 19.3 Å². The van der Waals surface area contributed by atoms with Gasteiger partial charge in [-0.05, 0) is 19.1 Å². The molecule has 1 unspecified atom stereocenters. The zero-order valence-corrected chi connectivity index (χ0v) is 10.3. The number of nitrogens with two attached hydrogens (primary N) is 1. The fourth-order valence-corrected chi connectivity index (χ4v) is 1.38. The second kappa shape index (κ2) is 6.98. The molecule has 1 rings (SSSR count). The van der Waals surface area contributed by atoms with Gasteiger partial charge in [-0.25, -0.2) is 0 Å². The first kappa shape index (κ1) is 13.6. The SMILES string of the molecule is COc1ccc(NC(C)CN)cc1OCCO. The molecular weight excluding hydrogens is 220 g/mol. The number of hydrogen-bond donors (Lipinski definition) is 3. The smallest absolute Gasteiger partial charge is 0.163 e. The minimum absolute atomic E-state index is 0.0278. The molecule has 4 N–H and O–H groups in total. The van der Waals surface area contributed by atoms with Gasteiger partial charge in [-0.15, -0.1) is 0 Å². The van der Waals surface area contributed by atoms with E-state index in [9.17, 15) is 0 Å². The molecule has 0 heterocycles. The van der Waals surface area contributed by atoms with Crippen molar-refractivity contribution in [3.05, 3.63) is 18.2 Å². The number of nitrogens with one attached hydrogen (secondary N) is 1. The Morgan fingerprint density at radius 2 is 2.18 bits per heavy atom. The summed E-state index contributed by atoms with van der Waals surface area (Å²) in [7, 11) is 1.58. The van der Waals surface area contributed by atoms with Gasteiger partial charge in [0.1, 0.15) is 6.61 Å². The summed E-state index contributed by atoms with van der Waals surface area (Å²) in [6.07, 6.45) is 0. The molecule has 0 spiro atoms. The summed E-state index contributed by atoms with van der Waals surface area (Å²) in [5.74, 6) is 1.25. The molecule has 0 aliphatic heterocycles. The Labute approximate surface area is 102 Å². The van der Waals surface area contributed by atoms with Gasteiger partial charge in [-0.3, -0.25) is 0 Å². The maximum absolute atomic E-state index is 8.75. The van der Waals surface area contributed by atoms with Crippen molar-refractivity contribution in [3.8, 4) is 11.5 Å². The average Bonchev–Trinajstić information content (AvgIpc) is 2.36. The Hall–Kier alpha value is -1.46. The van der Waals surface area contributed by atoms with Crippen molar-refractivity contribution in [1.82, 2.24) is 0 Å². The summed E-state index contributed by atoms with van der Waals surface area (Å²) in [5, 5.41) is 12.0. The van der Waals surface area contributed by atoms with Gasteiger partial charge in [-0.1, -0.05) is 0 Å². The molecule has 96 valence electrons. The molecule has 0 saturated heterocycles. The van der Waals surface area contributed by atoms with Crippen LogP contribution in [0.1, 0.15) is 6.92 Å². The first-order valence-corrected chi connectivity index (χ1v) is 5.59. The van der Waals surface area contributed by atoms with Crippen molar-refractivity contribution in [3.63, 3.8) is 0 Å². The summed E-state index contributed by atoms with van der Waals surface area (Å²) in [5.41, 5.74) is 6.46. The number of benzene rings is 1. The van der Waals surface area contributed by atoms with E-state index >= 15 is 0 Å². The van der Waals surface area contributed by atoms with E-state index in [0.717, 1.165) is 5.69 Å². The molecule has 0 amide bonds. The summed E-state index contributed by atoms with van der Waals surface area (Å²) in [6.45, 7) is 2.77. The maximum Gasteiger partial charge on any atom is 0.163 e. The van der Waals surface area contributed by atoms with E-state index < -0.39 is 0 Å². The van der Waals surface area contributed by atoms with Crippen molar-refractivity contribution in [1.29, 1.82) is 0 Å². The molecule has 1 aromatic carbocycles. The third kappa shape index (κ3) is 4.13. The normalized spacial score (nSPS) is 12.0. The Balaban J connectivity index is 2.80. The Morgan fingerprint density at radius 3 is 2.76 bits per heavy atom. The molecule has 0 saturated carbocycles. The zero-order valence-electron chi connectivity index (χ0n) is 10.3. The highest BCUT2D eigenvalue weighted by Gasteiger charge is 2.07. The second-order valence-electron chi connectivity index (χ2n) is 3.72. The third-order valence-electron chi connectivity index (χ3n) is 2.28. The standard InChI is InChI=1S/C12H20N2O3/c1-9(8-13)14-10-3-4-11(16-2)12(7-10)17-6-5-15/h3-4,7,9,14-15H,5-6,8,13H2,1-2H3. The van der Waals surface area contributed by atoms with Crippen LogP contribution in [0.4, 0.5) is 5.69 Å². The topological polar surface area (TPSA) is 76.7 Å². The van der Waals surface area contributed by atoms with Crippen LogP contribution in [0.25, 0.3) is 0 Å². The fourth-order valence-electron chi connectivity index (χ4n) is 1.38. The molecule has 0 fully saturated rings. The first-order valence-electron chi connectivity index (χ1n) is 5.59. The largest absolute Gasteiger partial charge is 0.493 e. The molecule has 1 atom stereocenters. The van der Waals surface area contributed by atoms with Crippen LogP contribution in [0, 0.1) is 0 Å². The van der Waals surface area contributed by atoms with Crippen molar-refractivity contribution in [2.75, 3.05) is 32.2 Å². The Bertz CT molecular complexity index is 345. The van der Waals surface area contributed by atoms with Gasteiger partial charge in [0, 0.05) is 24.3 Å². The molecule has 5 heteroatoms. The lowest BCUT2D eigenvalue weighted by Gasteiger charge is -2.15. The molecule has 0 aliphatic carbocycles. The summed E-state index contributed by atoms with van der Waals surface area (Å²) in [4.78, 5) is 0. The minimum atomic E-state index is -0.0278. The predicted molar refractivity (Wildman–Crippen MR) is 67.7 cm³/mol. The number of methoxy groups -OCH3 is 1. The molecule has 1 aromatic rings. The van der Waals surface area contributed by atoms with Crippen molar-refractivity contribution >= 4 is 5.69 Å². The average molecular weight is 240 g/mol. The lowest BCUT2D eigenvalue weighted by molar-refractivity contribution is 0.196. The lowest BCUT2D eigenvalue weighted by Crippen LogP contribution is -2.25. The number of ether oxygens (including phenoxy) is 2. The molecule has 17 heavy (non-hydrogen) atoms. The van der Waals surface area contributed by atoms with Crippen LogP contribution in [0.3, 0.4) is 0 Å². The van der Waals surface area contributed by atoms with Crippen LogP contribution in [0.5, 0.6) is 11.5 Å². The molecule has 5 nitrogen and oxygen atoms in total. The minimum Gasteiger partial charge on any atom is -0.493 e. The zero-order chi connectivity index (χ0) is 12.7. The summed E-state index contributed by atoms with van der Waals surface area (Å²) < 4.78 is 10.6. The van der Waals surface area contributed by atoms with Gasteiger partial charge in [0.05, 0.1) is 13.7 Å². The highest BCUT2D eigenvalue weighted by Crippen LogP contribution is 2.30. The number of hydrogen-bond acceptors (Lipinski definition) is 5. The first-order chi connectivity index (χ1) is 8.21. The molecule has 0 radical (unpaired) electrons. The van der Waals surface area contributed by atoms with Crippen LogP contribution >= 0.6 is 0 Å². The lowest BCUT2D eigenvalue weighted by atomic mass is 10.2. The molecule has 0 aliphatic rings. The quantitative estimate of drug-likeness (QED) is 0.658. The maximum atomic E-state index is 8.75. The van der Waals surface area contributed by atoms with Gasteiger partial charge in [-0.2, -0.15) is 0 Å². The Morgan fingerprint density at radius 1 is 1.41 bits per heavy atom. The van der Waals surface area contributed by atoms with Gasteiger partial charge >= 0.3 is 0 Å². The summed E-state index contributed by atoms with van der Waals surface area (Å²) in [6, 6.07) is 5.74. The van der Waals surface area contributed by atoms with Gasteiger partial charge in [0.15, 0.2) is 11.5 Å². The number of anilines is 1. The van der Waals surface area contributed by atoms with Crippen LogP contribution in [-0.2, 0) is 0 Å². The van der Waals surface area contributed by atoms with E-state index in [1.54, 1.807) is 7.11 Å².